The highest BCUT2D eigenvalue weighted by Gasteiger charge is 2.52. The standard InChI is InChI=1S/C15H17ClN2O3/c1-7(2)15(4,14(17)21)18-12(19)9-6-5-8(3)11(16)10(9)13(18)20/h5-7H,1-4H3,(H2,17,21). The molecule has 5 nitrogen and oxygen atoms in total. The number of hydrogen-bond donors (Lipinski definition) is 1. The van der Waals surface area contributed by atoms with Gasteiger partial charge in [0.2, 0.25) is 5.91 Å². The van der Waals surface area contributed by atoms with E-state index in [4.69, 9.17) is 17.3 Å². The Labute approximate surface area is 128 Å². The minimum absolute atomic E-state index is 0.148. The van der Waals surface area contributed by atoms with Crippen molar-refractivity contribution in [3.8, 4) is 0 Å². The number of fused-ring (bicyclic) bond motifs is 1. The Morgan fingerprint density at radius 3 is 2.33 bits per heavy atom. The Hall–Kier alpha value is -1.88. The molecule has 1 aliphatic rings. The largest absolute Gasteiger partial charge is 0.368 e. The molecule has 1 unspecified atom stereocenters. The van der Waals surface area contributed by atoms with Gasteiger partial charge in [0.05, 0.1) is 16.1 Å². The van der Waals surface area contributed by atoms with Crippen molar-refractivity contribution in [1.82, 2.24) is 4.90 Å². The van der Waals surface area contributed by atoms with Crippen molar-refractivity contribution in [2.24, 2.45) is 11.7 Å². The number of carbonyl (C=O) groups excluding carboxylic acids is 3. The second-order valence-corrected chi connectivity index (χ2v) is 6.11. The van der Waals surface area contributed by atoms with Gasteiger partial charge in [-0.3, -0.25) is 19.3 Å². The van der Waals surface area contributed by atoms with Gasteiger partial charge in [-0.25, -0.2) is 0 Å². The number of amides is 3. The third-order valence-corrected chi connectivity index (χ3v) is 4.76. The number of nitrogens with zero attached hydrogens (tertiary/aromatic N) is 1. The fourth-order valence-electron chi connectivity index (χ4n) is 2.47. The van der Waals surface area contributed by atoms with Crippen molar-refractivity contribution < 1.29 is 14.4 Å². The summed E-state index contributed by atoms with van der Waals surface area (Å²) in [5, 5.41) is 0.240. The highest BCUT2D eigenvalue weighted by molar-refractivity contribution is 6.38. The van der Waals surface area contributed by atoms with Crippen molar-refractivity contribution in [3.63, 3.8) is 0 Å². The predicted octanol–water partition coefficient (Wildman–Crippen LogP) is 2.14. The van der Waals surface area contributed by atoms with E-state index in [1.165, 1.54) is 6.92 Å². The molecule has 1 aromatic rings. The van der Waals surface area contributed by atoms with Crippen LogP contribution >= 0.6 is 11.6 Å². The molecule has 0 fully saturated rings. The number of primary amides is 1. The summed E-state index contributed by atoms with van der Waals surface area (Å²) >= 11 is 6.16. The van der Waals surface area contributed by atoms with Crippen LogP contribution in [0.5, 0.6) is 0 Å². The van der Waals surface area contributed by atoms with Gasteiger partial charge < -0.3 is 5.73 Å². The normalized spacial score (nSPS) is 17.1. The van der Waals surface area contributed by atoms with Crippen molar-refractivity contribution in [3.05, 3.63) is 33.8 Å². The van der Waals surface area contributed by atoms with Crippen LogP contribution in [0, 0.1) is 12.8 Å². The highest BCUT2D eigenvalue weighted by atomic mass is 35.5. The first-order valence-electron chi connectivity index (χ1n) is 6.61. The molecule has 0 saturated carbocycles. The minimum atomic E-state index is -1.40. The predicted molar refractivity (Wildman–Crippen MR) is 79.1 cm³/mol. The Morgan fingerprint density at radius 1 is 1.29 bits per heavy atom. The number of imide groups is 1. The monoisotopic (exact) mass is 308 g/mol. The van der Waals surface area contributed by atoms with Crippen LogP contribution in [-0.2, 0) is 4.79 Å². The lowest BCUT2D eigenvalue weighted by Crippen LogP contribution is -2.60. The van der Waals surface area contributed by atoms with Gasteiger partial charge in [-0.15, -0.1) is 0 Å². The van der Waals surface area contributed by atoms with Gasteiger partial charge in [0.1, 0.15) is 5.54 Å². The molecule has 21 heavy (non-hydrogen) atoms. The molecule has 1 atom stereocenters. The number of nitrogens with two attached hydrogens (primary N) is 1. The van der Waals surface area contributed by atoms with Crippen molar-refractivity contribution in [2.45, 2.75) is 33.2 Å². The zero-order valence-electron chi connectivity index (χ0n) is 12.4. The van der Waals surface area contributed by atoms with E-state index in [1.54, 1.807) is 32.9 Å². The molecule has 0 spiro atoms. The van der Waals surface area contributed by atoms with E-state index in [2.05, 4.69) is 0 Å². The smallest absolute Gasteiger partial charge is 0.264 e. The average Bonchev–Trinajstić information content (AvgIpc) is 2.65. The number of rotatable bonds is 3. The van der Waals surface area contributed by atoms with Crippen LogP contribution in [0.3, 0.4) is 0 Å². The summed E-state index contributed by atoms with van der Waals surface area (Å²) in [6, 6.07) is 3.23. The highest BCUT2D eigenvalue weighted by Crippen LogP contribution is 2.37. The molecule has 0 saturated heterocycles. The van der Waals surface area contributed by atoms with Gasteiger partial charge in [0, 0.05) is 0 Å². The number of benzene rings is 1. The molecule has 1 heterocycles. The van der Waals surface area contributed by atoms with Crippen molar-refractivity contribution in [1.29, 1.82) is 0 Å². The lowest BCUT2D eigenvalue weighted by atomic mass is 9.85. The van der Waals surface area contributed by atoms with Crippen LogP contribution < -0.4 is 5.73 Å². The van der Waals surface area contributed by atoms with Crippen LogP contribution in [0.25, 0.3) is 0 Å². The molecule has 0 radical (unpaired) electrons. The minimum Gasteiger partial charge on any atom is -0.368 e. The molecular weight excluding hydrogens is 292 g/mol. The fourth-order valence-corrected chi connectivity index (χ4v) is 2.71. The Morgan fingerprint density at radius 2 is 1.86 bits per heavy atom. The third kappa shape index (κ3) is 1.95. The number of aryl methyl sites for hydroxylation is 1. The second kappa shape index (κ2) is 4.84. The zero-order chi connectivity index (χ0) is 16.1. The van der Waals surface area contributed by atoms with E-state index in [9.17, 15) is 14.4 Å². The summed E-state index contributed by atoms with van der Waals surface area (Å²) < 4.78 is 0. The number of carbonyl (C=O) groups is 3. The molecule has 0 bridgehead atoms. The zero-order valence-corrected chi connectivity index (χ0v) is 13.1. The lowest BCUT2D eigenvalue weighted by Gasteiger charge is -2.37. The van der Waals surface area contributed by atoms with E-state index in [1.807, 2.05) is 0 Å². The molecule has 6 heteroatoms. The van der Waals surface area contributed by atoms with E-state index in [0.29, 0.717) is 5.56 Å². The molecular formula is C15H17ClN2O3. The first kappa shape index (κ1) is 15.5. The van der Waals surface area contributed by atoms with Crippen LogP contribution in [-0.4, -0.2) is 28.2 Å². The average molecular weight is 309 g/mol. The van der Waals surface area contributed by atoms with Crippen LogP contribution in [0.1, 0.15) is 47.1 Å². The van der Waals surface area contributed by atoms with E-state index in [-0.39, 0.29) is 22.1 Å². The summed E-state index contributed by atoms with van der Waals surface area (Å²) in [5.41, 5.74) is 5.12. The Balaban J connectivity index is 2.67. The van der Waals surface area contributed by atoms with Crippen molar-refractivity contribution >= 4 is 29.3 Å². The first-order valence-corrected chi connectivity index (χ1v) is 6.99. The Kier molecular flexibility index (Phi) is 3.58. The maximum atomic E-state index is 12.6. The molecule has 0 aliphatic carbocycles. The van der Waals surface area contributed by atoms with Crippen molar-refractivity contribution in [2.75, 3.05) is 0 Å². The van der Waals surface area contributed by atoms with Gasteiger partial charge >= 0.3 is 0 Å². The SMILES string of the molecule is Cc1ccc2c(c1Cl)C(=O)N(C(C)(C(N)=O)C(C)C)C2=O. The number of hydrogen-bond acceptors (Lipinski definition) is 3. The first-order chi connectivity index (χ1) is 9.63. The van der Waals surface area contributed by atoms with Crippen LogP contribution in [0.2, 0.25) is 5.02 Å². The van der Waals surface area contributed by atoms with Gasteiger partial charge in [-0.1, -0.05) is 31.5 Å². The van der Waals surface area contributed by atoms with Crippen LogP contribution in [0.4, 0.5) is 0 Å². The molecule has 0 aromatic heterocycles. The summed E-state index contributed by atoms with van der Waals surface area (Å²) in [6.07, 6.45) is 0. The number of halogens is 1. The van der Waals surface area contributed by atoms with E-state index < -0.39 is 23.3 Å². The fraction of sp³-hybridized carbons (Fsp3) is 0.400. The molecule has 2 N–H and O–H groups in total. The lowest BCUT2D eigenvalue weighted by molar-refractivity contribution is -0.129. The summed E-state index contributed by atoms with van der Waals surface area (Å²) in [6.45, 7) is 6.73. The van der Waals surface area contributed by atoms with Gasteiger partial charge in [-0.05, 0) is 31.4 Å². The molecule has 112 valence electrons. The molecule has 3 amide bonds. The van der Waals surface area contributed by atoms with Gasteiger partial charge in [-0.2, -0.15) is 0 Å². The quantitative estimate of drug-likeness (QED) is 0.869. The third-order valence-electron chi connectivity index (χ3n) is 4.27. The second-order valence-electron chi connectivity index (χ2n) is 5.73. The molecule has 1 aliphatic heterocycles. The summed E-state index contributed by atoms with van der Waals surface area (Å²) in [4.78, 5) is 38.0. The maximum absolute atomic E-state index is 12.6. The van der Waals surface area contributed by atoms with E-state index in [0.717, 1.165) is 4.90 Å². The summed E-state index contributed by atoms with van der Waals surface area (Å²) in [7, 11) is 0. The van der Waals surface area contributed by atoms with Gasteiger partial charge in [0.15, 0.2) is 0 Å². The molecule has 1 aromatic carbocycles. The molecule has 2 rings (SSSR count). The topological polar surface area (TPSA) is 80.5 Å². The Bertz CT molecular complexity index is 669. The van der Waals surface area contributed by atoms with Gasteiger partial charge in [0.25, 0.3) is 11.8 Å². The van der Waals surface area contributed by atoms with Crippen LogP contribution in [0.15, 0.2) is 12.1 Å². The maximum Gasteiger partial charge on any atom is 0.264 e. The van der Waals surface area contributed by atoms with E-state index >= 15 is 0 Å². The summed E-state index contributed by atoms with van der Waals surface area (Å²) in [5.74, 6) is -2.15.